The van der Waals surface area contributed by atoms with Gasteiger partial charge in [-0.25, -0.2) is 9.67 Å². The van der Waals surface area contributed by atoms with Gasteiger partial charge in [0.15, 0.2) is 0 Å². The van der Waals surface area contributed by atoms with Crippen LogP contribution in [0.1, 0.15) is 30.5 Å². The fourth-order valence-corrected chi connectivity index (χ4v) is 5.48. The lowest BCUT2D eigenvalue weighted by atomic mass is 9.77. The van der Waals surface area contributed by atoms with Gasteiger partial charge in [-0.05, 0) is 48.7 Å². The summed E-state index contributed by atoms with van der Waals surface area (Å²) in [6.07, 6.45) is 3.55. The second-order valence-electron chi connectivity index (χ2n) is 9.78. The summed E-state index contributed by atoms with van der Waals surface area (Å²) in [4.78, 5) is 9.42. The Bertz CT molecular complexity index is 1620. The molecular formula is C33H28ClN5. The van der Waals surface area contributed by atoms with E-state index in [4.69, 9.17) is 21.7 Å². The average Bonchev–Trinajstić information content (AvgIpc) is 3.36. The van der Waals surface area contributed by atoms with E-state index in [9.17, 15) is 0 Å². The maximum atomic E-state index is 6.45. The van der Waals surface area contributed by atoms with Gasteiger partial charge in [0, 0.05) is 23.5 Å². The Kier molecular flexibility index (Phi) is 6.59. The molecule has 0 saturated heterocycles. The standard InChI is InChI=1S/C33H28ClN5/c1-23(2)37-32-30-29(19-21-36-32)39(38-31(30)28-22-27(34)18-20-35-28)33(24-12-6-3-7-13-24,25-14-8-4-9-15-25)26-16-10-5-11-17-26/h3-23H,1-2H3,(H,36,37). The minimum atomic E-state index is -0.782. The summed E-state index contributed by atoms with van der Waals surface area (Å²) < 4.78 is 2.13. The van der Waals surface area contributed by atoms with Gasteiger partial charge in [-0.15, -0.1) is 0 Å². The molecule has 0 saturated carbocycles. The van der Waals surface area contributed by atoms with Crippen LogP contribution in [0, 0.1) is 0 Å². The van der Waals surface area contributed by atoms with Crippen molar-refractivity contribution in [3.63, 3.8) is 0 Å². The van der Waals surface area contributed by atoms with E-state index in [0.717, 1.165) is 39.1 Å². The molecule has 6 rings (SSSR count). The summed E-state index contributed by atoms with van der Waals surface area (Å²) in [5, 5.41) is 10.4. The molecule has 0 amide bonds. The number of anilines is 1. The molecule has 0 aliphatic rings. The van der Waals surface area contributed by atoms with Crippen molar-refractivity contribution >= 4 is 28.3 Å². The normalized spacial score (nSPS) is 11.7. The number of pyridine rings is 2. The SMILES string of the molecule is CC(C)Nc1nccc2c1c(-c1cc(Cl)ccn1)nn2C(c1ccccc1)(c1ccccc1)c1ccccc1. The van der Waals surface area contributed by atoms with Crippen molar-refractivity contribution in [1.82, 2.24) is 19.7 Å². The van der Waals surface area contributed by atoms with Crippen LogP contribution in [0.15, 0.2) is 122 Å². The molecule has 192 valence electrons. The van der Waals surface area contributed by atoms with Crippen molar-refractivity contribution in [2.45, 2.75) is 25.4 Å². The Hall–Kier alpha value is -4.48. The third-order valence-electron chi connectivity index (χ3n) is 6.88. The van der Waals surface area contributed by atoms with E-state index >= 15 is 0 Å². The predicted octanol–water partition coefficient (Wildman–Crippen LogP) is 7.81. The van der Waals surface area contributed by atoms with Crippen molar-refractivity contribution in [2.24, 2.45) is 0 Å². The third kappa shape index (κ3) is 4.35. The highest BCUT2D eigenvalue weighted by atomic mass is 35.5. The van der Waals surface area contributed by atoms with Crippen LogP contribution in [-0.4, -0.2) is 25.8 Å². The van der Waals surface area contributed by atoms with E-state index in [-0.39, 0.29) is 6.04 Å². The average molecular weight is 530 g/mol. The third-order valence-corrected chi connectivity index (χ3v) is 7.11. The molecule has 3 heterocycles. The molecule has 0 spiro atoms. The largest absolute Gasteiger partial charge is 0.367 e. The van der Waals surface area contributed by atoms with Crippen LogP contribution in [0.4, 0.5) is 5.82 Å². The molecule has 0 unspecified atom stereocenters. The first-order valence-electron chi connectivity index (χ1n) is 13.0. The number of rotatable bonds is 7. The summed E-state index contributed by atoms with van der Waals surface area (Å²) in [5.74, 6) is 0.758. The van der Waals surface area contributed by atoms with Crippen LogP contribution in [0.3, 0.4) is 0 Å². The van der Waals surface area contributed by atoms with E-state index in [1.165, 1.54) is 0 Å². The molecule has 3 aromatic heterocycles. The van der Waals surface area contributed by atoms with Gasteiger partial charge in [-0.1, -0.05) is 103 Å². The fourth-order valence-electron chi connectivity index (χ4n) is 5.32. The number of benzene rings is 3. The summed E-state index contributed by atoms with van der Waals surface area (Å²) in [5.41, 5.74) is 4.83. The monoisotopic (exact) mass is 529 g/mol. The van der Waals surface area contributed by atoms with E-state index in [0.29, 0.717) is 10.7 Å². The van der Waals surface area contributed by atoms with Crippen molar-refractivity contribution in [2.75, 3.05) is 5.32 Å². The molecule has 1 N–H and O–H groups in total. The first-order valence-corrected chi connectivity index (χ1v) is 13.4. The van der Waals surface area contributed by atoms with Crippen molar-refractivity contribution in [1.29, 1.82) is 0 Å². The second-order valence-corrected chi connectivity index (χ2v) is 10.2. The maximum Gasteiger partial charge on any atom is 0.138 e. The fraction of sp³-hybridized carbons (Fsp3) is 0.121. The molecule has 3 aromatic carbocycles. The van der Waals surface area contributed by atoms with Crippen molar-refractivity contribution in [3.05, 3.63) is 143 Å². The first-order chi connectivity index (χ1) is 19.1. The first kappa shape index (κ1) is 24.8. The molecule has 0 radical (unpaired) electrons. The summed E-state index contributed by atoms with van der Waals surface area (Å²) in [6.45, 7) is 4.20. The summed E-state index contributed by atoms with van der Waals surface area (Å²) in [7, 11) is 0. The lowest BCUT2D eigenvalue weighted by Crippen LogP contribution is -2.38. The Balaban J connectivity index is 1.80. The highest BCUT2D eigenvalue weighted by molar-refractivity contribution is 6.30. The van der Waals surface area contributed by atoms with Gasteiger partial charge in [0.2, 0.25) is 0 Å². The van der Waals surface area contributed by atoms with Crippen molar-refractivity contribution < 1.29 is 0 Å². The number of nitrogens with zero attached hydrogens (tertiary/aromatic N) is 4. The van der Waals surface area contributed by atoms with Crippen LogP contribution in [0.25, 0.3) is 22.3 Å². The zero-order chi connectivity index (χ0) is 26.8. The van der Waals surface area contributed by atoms with Crippen LogP contribution < -0.4 is 5.32 Å². The minimum Gasteiger partial charge on any atom is -0.367 e. The highest BCUT2D eigenvalue weighted by Crippen LogP contribution is 2.44. The minimum absolute atomic E-state index is 0.175. The number of hydrogen-bond donors (Lipinski definition) is 1. The zero-order valence-corrected chi connectivity index (χ0v) is 22.5. The van der Waals surface area contributed by atoms with Gasteiger partial charge in [0.05, 0.1) is 16.6 Å². The number of hydrogen-bond acceptors (Lipinski definition) is 4. The topological polar surface area (TPSA) is 55.6 Å². The highest BCUT2D eigenvalue weighted by Gasteiger charge is 2.41. The quantitative estimate of drug-likeness (QED) is 0.214. The van der Waals surface area contributed by atoms with Gasteiger partial charge in [0.25, 0.3) is 0 Å². The molecule has 0 atom stereocenters. The molecule has 39 heavy (non-hydrogen) atoms. The number of aromatic nitrogens is 4. The summed E-state index contributed by atoms with van der Waals surface area (Å²) in [6, 6.07) is 37.4. The zero-order valence-electron chi connectivity index (χ0n) is 21.8. The van der Waals surface area contributed by atoms with Crippen molar-refractivity contribution in [3.8, 4) is 11.4 Å². The molecule has 0 fully saturated rings. The van der Waals surface area contributed by atoms with Crippen LogP contribution >= 0.6 is 11.6 Å². The van der Waals surface area contributed by atoms with Gasteiger partial charge < -0.3 is 5.32 Å². The van der Waals surface area contributed by atoms with Crippen LogP contribution in [0.2, 0.25) is 5.02 Å². The molecule has 0 aliphatic heterocycles. The molecule has 6 aromatic rings. The molecule has 0 aliphatic carbocycles. The summed E-state index contributed by atoms with van der Waals surface area (Å²) >= 11 is 6.45. The van der Waals surface area contributed by atoms with Crippen LogP contribution in [0.5, 0.6) is 0 Å². The molecule has 0 bridgehead atoms. The van der Waals surface area contributed by atoms with E-state index in [1.807, 2.05) is 36.5 Å². The molecular weight excluding hydrogens is 502 g/mol. The Labute approximate surface area is 233 Å². The smallest absolute Gasteiger partial charge is 0.138 e. The van der Waals surface area contributed by atoms with Crippen LogP contribution in [-0.2, 0) is 5.54 Å². The Morgan fingerprint density at radius 3 is 1.77 bits per heavy atom. The van der Waals surface area contributed by atoms with Gasteiger partial charge in [0.1, 0.15) is 17.1 Å². The second kappa shape index (κ2) is 10.4. The van der Waals surface area contributed by atoms with Gasteiger partial charge in [-0.2, -0.15) is 5.10 Å². The van der Waals surface area contributed by atoms with Gasteiger partial charge in [-0.3, -0.25) is 4.98 Å². The number of nitrogens with one attached hydrogen (secondary N) is 1. The predicted molar refractivity (Wildman–Crippen MR) is 159 cm³/mol. The maximum absolute atomic E-state index is 6.45. The Morgan fingerprint density at radius 1 is 0.718 bits per heavy atom. The number of halogens is 1. The van der Waals surface area contributed by atoms with Gasteiger partial charge >= 0.3 is 0 Å². The Morgan fingerprint density at radius 2 is 1.26 bits per heavy atom. The van der Waals surface area contributed by atoms with E-state index in [2.05, 4.69) is 102 Å². The lowest BCUT2D eigenvalue weighted by molar-refractivity contribution is 0.477. The molecule has 6 heteroatoms. The van der Waals surface area contributed by atoms with E-state index < -0.39 is 5.54 Å². The molecule has 5 nitrogen and oxygen atoms in total. The lowest BCUT2D eigenvalue weighted by Gasteiger charge is -2.37. The van der Waals surface area contributed by atoms with E-state index in [1.54, 1.807) is 12.3 Å². The number of fused-ring (bicyclic) bond motifs is 1.